The van der Waals surface area contributed by atoms with E-state index in [1.807, 2.05) is 0 Å². The van der Waals surface area contributed by atoms with Crippen LogP contribution >= 0.6 is 0 Å². The maximum absolute atomic E-state index is 12.0. The summed E-state index contributed by atoms with van der Waals surface area (Å²) < 4.78 is 30.5. The maximum Gasteiger partial charge on any atom is 0.333 e. The Labute approximate surface area is 127 Å². The zero-order chi connectivity index (χ0) is 15.3. The van der Waals surface area contributed by atoms with Crippen molar-refractivity contribution in [2.75, 3.05) is 6.61 Å². The van der Waals surface area contributed by atoms with Crippen LogP contribution in [0.1, 0.15) is 45.4 Å². The van der Waals surface area contributed by atoms with E-state index in [0.717, 1.165) is 32.1 Å². The molecule has 3 atom stereocenters. The molecule has 0 aromatic heterocycles. The van der Waals surface area contributed by atoms with Gasteiger partial charge >= 0.3 is 17.3 Å². The molecule has 0 amide bonds. The quantitative estimate of drug-likeness (QED) is 0.480. The third-order valence-electron chi connectivity index (χ3n) is 5.25. The van der Waals surface area contributed by atoms with E-state index in [1.165, 1.54) is 6.42 Å². The molecular weight excluding hydrogens is 292 g/mol. The Morgan fingerprint density at radius 1 is 1.33 bits per heavy atom. The second-order valence-electron chi connectivity index (χ2n) is 7.29. The standard InChI is InChI=1S/C15H22O5S/c1-10(2)13(16)20-15-6-11-3-12(7-15)5-14(4-11,8-15)9-19-21(17)18/h11-12H,1,3-9H2,2H3,(H,17,18). The molecule has 4 aliphatic carbocycles. The number of carbonyl (C=O) groups is 1. The van der Waals surface area contributed by atoms with Gasteiger partial charge in [-0.05, 0) is 62.7 Å². The van der Waals surface area contributed by atoms with Crippen LogP contribution in [-0.4, -0.2) is 26.9 Å². The van der Waals surface area contributed by atoms with Gasteiger partial charge in [-0.25, -0.2) is 4.79 Å². The fourth-order valence-electron chi connectivity index (χ4n) is 5.11. The highest BCUT2D eigenvalue weighted by molar-refractivity contribution is 7.74. The molecule has 21 heavy (non-hydrogen) atoms. The lowest BCUT2D eigenvalue weighted by Crippen LogP contribution is -2.58. The molecule has 118 valence electrons. The van der Waals surface area contributed by atoms with Crippen molar-refractivity contribution in [3.05, 3.63) is 12.2 Å². The summed E-state index contributed by atoms with van der Waals surface area (Å²) >= 11 is -2.23. The minimum atomic E-state index is -2.23. The van der Waals surface area contributed by atoms with E-state index in [2.05, 4.69) is 6.58 Å². The van der Waals surface area contributed by atoms with Crippen molar-refractivity contribution in [2.24, 2.45) is 17.3 Å². The van der Waals surface area contributed by atoms with Crippen molar-refractivity contribution in [1.29, 1.82) is 0 Å². The third-order valence-corrected chi connectivity index (χ3v) is 5.57. The average Bonchev–Trinajstić information content (AvgIpc) is 2.34. The number of rotatable bonds is 5. The van der Waals surface area contributed by atoms with Gasteiger partial charge in [0.1, 0.15) is 5.60 Å². The predicted octanol–water partition coefficient (Wildman–Crippen LogP) is 2.60. The van der Waals surface area contributed by atoms with Crippen molar-refractivity contribution < 1.29 is 22.5 Å². The van der Waals surface area contributed by atoms with E-state index in [4.69, 9.17) is 13.5 Å². The normalized spacial score (nSPS) is 41.8. The number of carbonyl (C=O) groups excluding carboxylic acids is 1. The summed E-state index contributed by atoms with van der Waals surface area (Å²) in [6.07, 6.45) is 5.75. The van der Waals surface area contributed by atoms with Gasteiger partial charge in [-0.15, -0.1) is 0 Å². The summed E-state index contributed by atoms with van der Waals surface area (Å²) in [4.78, 5) is 12.0. The highest BCUT2D eigenvalue weighted by atomic mass is 32.2. The van der Waals surface area contributed by atoms with Crippen LogP contribution in [0.4, 0.5) is 0 Å². The van der Waals surface area contributed by atoms with Gasteiger partial charge < -0.3 is 4.74 Å². The third kappa shape index (κ3) is 2.94. The first-order chi connectivity index (χ1) is 9.81. The van der Waals surface area contributed by atoms with Gasteiger partial charge in [0.05, 0.1) is 6.61 Å². The fourth-order valence-corrected chi connectivity index (χ4v) is 5.46. The molecule has 0 radical (unpaired) electrons. The van der Waals surface area contributed by atoms with Crippen LogP contribution in [0.15, 0.2) is 12.2 Å². The second-order valence-corrected chi connectivity index (χ2v) is 7.96. The lowest BCUT2D eigenvalue weighted by atomic mass is 9.48. The van der Waals surface area contributed by atoms with Crippen LogP contribution in [0, 0.1) is 17.3 Å². The van der Waals surface area contributed by atoms with Gasteiger partial charge in [0, 0.05) is 5.57 Å². The van der Waals surface area contributed by atoms with Gasteiger partial charge in [0.2, 0.25) is 0 Å². The zero-order valence-corrected chi connectivity index (χ0v) is 13.1. The number of esters is 1. The molecule has 0 aliphatic heterocycles. The number of hydrogen-bond acceptors (Lipinski definition) is 4. The van der Waals surface area contributed by atoms with E-state index in [9.17, 15) is 9.00 Å². The number of ether oxygens (including phenoxy) is 1. The van der Waals surface area contributed by atoms with Crippen LogP contribution in [-0.2, 0) is 25.1 Å². The monoisotopic (exact) mass is 314 g/mol. The summed E-state index contributed by atoms with van der Waals surface area (Å²) in [5.74, 6) is 0.735. The van der Waals surface area contributed by atoms with Crippen molar-refractivity contribution in [3.8, 4) is 0 Å². The predicted molar refractivity (Wildman–Crippen MR) is 77.5 cm³/mol. The van der Waals surface area contributed by atoms with Gasteiger partial charge in [-0.3, -0.25) is 8.74 Å². The van der Waals surface area contributed by atoms with E-state index >= 15 is 0 Å². The molecule has 4 rings (SSSR count). The average molecular weight is 314 g/mol. The van der Waals surface area contributed by atoms with E-state index in [0.29, 0.717) is 17.4 Å². The van der Waals surface area contributed by atoms with Crippen LogP contribution in [0.25, 0.3) is 0 Å². The van der Waals surface area contributed by atoms with Crippen LogP contribution in [0.3, 0.4) is 0 Å². The lowest BCUT2D eigenvalue weighted by Gasteiger charge is -2.60. The minimum absolute atomic E-state index is 0.113. The Morgan fingerprint density at radius 3 is 2.48 bits per heavy atom. The molecule has 0 saturated heterocycles. The molecule has 4 fully saturated rings. The van der Waals surface area contributed by atoms with Crippen LogP contribution in [0.2, 0.25) is 0 Å². The SMILES string of the molecule is C=C(C)C(=O)OC12CC3CC(CC(COS(=O)O)(C3)C1)C2. The summed E-state index contributed by atoms with van der Waals surface area (Å²) in [7, 11) is 0. The van der Waals surface area contributed by atoms with Gasteiger partial charge in [0.25, 0.3) is 0 Å². The first kappa shape index (κ1) is 15.2. The number of hydrogen-bond donors (Lipinski definition) is 1. The largest absolute Gasteiger partial charge is 0.456 e. The molecule has 1 N–H and O–H groups in total. The van der Waals surface area contributed by atoms with E-state index < -0.39 is 17.0 Å². The van der Waals surface area contributed by atoms with Gasteiger partial charge in [-0.1, -0.05) is 6.58 Å². The maximum atomic E-state index is 12.0. The molecule has 0 heterocycles. The molecule has 0 spiro atoms. The van der Waals surface area contributed by atoms with Crippen molar-refractivity contribution in [1.82, 2.24) is 0 Å². The first-order valence-electron chi connectivity index (χ1n) is 7.44. The molecular formula is C15H22O5S. The minimum Gasteiger partial charge on any atom is -0.456 e. The molecule has 4 bridgehead atoms. The topological polar surface area (TPSA) is 72.8 Å². The molecule has 0 aromatic carbocycles. The Balaban J connectivity index is 1.79. The molecule has 6 heteroatoms. The van der Waals surface area contributed by atoms with Crippen molar-refractivity contribution >= 4 is 17.3 Å². The lowest BCUT2D eigenvalue weighted by molar-refractivity contribution is -0.202. The smallest absolute Gasteiger partial charge is 0.333 e. The van der Waals surface area contributed by atoms with Crippen LogP contribution < -0.4 is 0 Å². The summed E-state index contributed by atoms with van der Waals surface area (Å²) in [5, 5.41) is 0. The van der Waals surface area contributed by atoms with E-state index in [-0.39, 0.29) is 18.0 Å². The molecule has 0 aromatic rings. The highest BCUT2D eigenvalue weighted by Gasteiger charge is 2.59. The fraction of sp³-hybridized carbons (Fsp3) is 0.800. The Bertz CT molecular complexity index is 486. The second kappa shape index (κ2) is 5.18. The Kier molecular flexibility index (Phi) is 3.74. The molecule has 5 nitrogen and oxygen atoms in total. The molecule has 4 aliphatic rings. The zero-order valence-electron chi connectivity index (χ0n) is 12.3. The highest BCUT2D eigenvalue weighted by Crippen LogP contribution is 2.62. The summed E-state index contributed by atoms with van der Waals surface area (Å²) in [6, 6.07) is 0. The van der Waals surface area contributed by atoms with Crippen molar-refractivity contribution in [2.45, 2.75) is 51.0 Å². The Hall–Kier alpha value is -0.720. The molecule has 3 unspecified atom stereocenters. The van der Waals surface area contributed by atoms with Gasteiger partial charge in [-0.2, -0.15) is 4.21 Å². The Morgan fingerprint density at radius 2 is 1.95 bits per heavy atom. The first-order valence-corrected chi connectivity index (χ1v) is 8.48. The summed E-state index contributed by atoms with van der Waals surface area (Å²) in [6.45, 7) is 5.59. The van der Waals surface area contributed by atoms with Gasteiger partial charge in [0.15, 0.2) is 0 Å². The summed E-state index contributed by atoms with van der Waals surface area (Å²) in [5.41, 5.74) is -0.106. The van der Waals surface area contributed by atoms with Crippen LogP contribution in [0.5, 0.6) is 0 Å². The van der Waals surface area contributed by atoms with Crippen molar-refractivity contribution in [3.63, 3.8) is 0 Å². The molecule has 4 saturated carbocycles. The van der Waals surface area contributed by atoms with E-state index in [1.54, 1.807) is 6.92 Å².